The van der Waals surface area contributed by atoms with Crippen molar-refractivity contribution in [1.82, 2.24) is 9.62 Å². The van der Waals surface area contributed by atoms with E-state index in [2.05, 4.69) is 46.1 Å². The number of piperidine rings is 1. The summed E-state index contributed by atoms with van der Waals surface area (Å²) < 4.78 is 29.0. The fourth-order valence-corrected chi connectivity index (χ4v) is 6.45. The van der Waals surface area contributed by atoms with Crippen LogP contribution in [0.3, 0.4) is 0 Å². The summed E-state index contributed by atoms with van der Waals surface area (Å²) in [5, 5.41) is 3.76. The number of halogens is 1. The van der Waals surface area contributed by atoms with Crippen LogP contribution >= 0.6 is 22.9 Å². The maximum Gasteiger partial charge on any atom is 0.256 e. The largest absolute Gasteiger partial charge is 0.314 e. The molecule has 1 aliphatic rings. The number of thiophene rings is 1. The van der Waals surface area contributed by atoms with Crippen LogP contribution in [-0.4, -0.2) is 38.4 Å². The first kappa shape index (κ1) is 23.9. The number of amides is 1. The van der Waals surface area contributed by atoms with Gasteiger partial charge in [0.1, 0.15) is 4.21 Å². The number of likely N-dealkylation sites (tertiary alicyclic amines) is 1. The van der Waals surface area contributed by atoms with Crippen LogP contribution in [0.5, 0.6) is 0 Å². The molecule has 0 aliphatic carbocycles. The normalized spacial score (nSPS) is 17.1. The minimum atomic E-state index is -3.67. The molecule has 9 heteroatoms. The van der Waals surface area contributed by atoms with E-state index in [1.807, 2.05) is 0 Å². The zero-order valence-electron chi connectivity index (χ0n) is 18.3. The minimum absolute atomic E-state index is 0.150. The van der Waals surface area contributed by atoms with Crippen LogP contribution in [0.1, 0.15) is 34.3 Å². The second-order valence-corrected chi connectivity index (χ2v) is 11.7. The Kier molecular flexibility index (Phi) is 7.51. The smallest absolute Gasteiger partial charge is 0.256 e. The van der Waals surface area contributed by atoms with Gasteiger partial charge in [-0.05, 0) is 68.3 Å². The number of rotatable bonds is 7. The van der Waals surface area contributed by atoms with Crippen molar-refractivity contribution in [2.75, 3.05) is 18.4 Å². The van der Waals surface area contributed by atoms with E-state index in [4.69, 9.17) is 11.6 Å². The van der Waals surface area contributed by atoms with Gasteiger partial charge in [0.05, 0.1) is 5.00 Å². The van der Waals surface area contributed by atoms with Crippen molar-refractivity contribution < 1.29 is 13.2 Å². The molecule has 33 heavy (non-hydrogen) atoms. The third-order valence-electron chi connectivity index (χ3n) is 5.54. The lowest BCUT2D eigenvalue weighted by atomic mass is 10.1. The average Bonchev–Trinajstić information content (AvgIpc) is 3.25. The summed E-state index contributed by atoms with van der Waals surface area (Å²) in [7, 11) is -3.67. The maximum absolute atomic E-state index is 13.0. The highest BCUT2D eigenvalue weighted by atomic mass is 35.5. The number of carbonyl (C=O) groups excluding carboxylic acids is 1. The number of sulfonamides is 1. The Morgan fingerprint density at radius 3 is 2.55 bits per heavy atom. The van der Waals surface area contributed by atoms with Gasteiger partial charge in [-0.2, -0.15) is 0 Å². The van der Waals surface area contributed by atoms with Gasteiger partial charge in [0.25, 0.3) is 5.91 Å². The number of benzene rings is 2. The molecule has 174 valence electrons. The van der Waals surface area contributed by atoms with Gasteiger partial charge in [-0.3, -0.25) is 9.69 Å². The van der Waals surface area contributed by atoms with E-state index >= 15 is 0 Å². The molecule has 4 rings (SSSR count). The molecule has 2 aromatic carbocycles. The molecule has 2 N–H and O–H groups in total. The van der Waals surface area contributed by atoms with E-state index in [1.165, 1.54) is 17.2 Å². The molecule has 1 unspecified atom stereocenters. The first-order valence-corrected chi connectivity index (χ1v) is 13.4. The highest BCUT2D eigenvalue weighted by molar-refractivity contribution is 7.91. The van der Waals surface area contributed by atoms with Gasteiger partial charge < -0.3 is 5.32 Å². The summed E-state index contributed by atoms with van der Waals surface area (Å²) in [5.74, 6) is -0.315. The van der Waals surface area contributed by atoms with Crippen LogP contribution in [0.25, 0.3) is 0 Å². The van der Waals surface area contributed by atoms with E-state index in [0.717, 1.165) is 37.3 Å². The number of hydrogen-bond acceptors (Lipinski definition) is 5. The molecule has 0 saturated carbocycles. The molecular weight excluding hydrogens is 478 g/mol. The third kappa shape index (κ3) is 6.43. The molecule has 3 aromatic rings. The molecule has 1 aliphatic heterocycles. The molecule has 1 saturated heterocycles. The molecule has 0 bridgehead atoms. The molecule has 0 radical (unpaired) electrons. The van der Waals surface area contributed by atoms with Gasteiger partial charge in [0.2, 0.25) is 10.0 Å². The van der Waals surface area contributed by atoms with Crippen LogP contribution in [0.4, 0.5) is 5.00 Å². The second-order valence-electron chi connectivity index (χ2n) is 8.26. The summed E-state index contributed by atoms with van der Waals surface area (Å²) in [6.07, 6.45) is 1.74. The van der Waals surface area contributed by atoms with Crippen LogP contribution in [0.2, 0.25) is 5.02 Å². The molecule has 0 spiro atoms. The quantitative estimate of drug-likeness (QED) is 0.480. The third-order valence-corrected chi connectivity index (χ3v) is 8.81. The Bertz CT molecular complexity index is 1210. The van der Waals surface area contributed by atoms with Crippen LogP contribution in [0, 0.1) is 6.92 Å². The minimum Gasteiger partial charge on any atom is -0.314 e. The first-order chi connectivity index (χ1) is 15.8. The lowest BCUT2D eigenvalue weighted by Crippen LogP contribution is -2.47. The molecule has 1 fully saturated rings. The van der Waals surface area contributed by atoms with Gasteiger partial charge in [-0.1, -0.05) is 41.4 Å². The lowest BCUT2D eigenvalue weighted by molar-refractivity contribution is 0.102. The molecule has 1 aromatic heterocycles. The van der Waals surface area contributed by atoms with E-state index < -0.39 is 10.0 Å². The fraction of sp³-hybridized carbons (Fsp3) is 0.292. The predicted octanol–water partition coefficient (Wildman–Crippen LogP) is 4.91. The van der Waals surface area contributed by atoms with Crippen LogP contribution < -0.4 is 10.0 Å². The Morgan fingerprint density at radius 1 is 1.09 bits per heavy atom. The Morgan fingerprint density at radius 2 is 1.82 bits per heavy atom. The van der Waals surface area contributed by atoms with Crippen molar-refractivity contribution in [3.8, 4) is 0 Å². The first-order valence-electron chi connectivity index (χ1n) is 10.8. The van der Waals surface area contributed by atoms with E-state index in [1.54, 1.807) is 30.3 Å². The van der Waals surface area contributed by atoms with Crippen molar-refractivity contribution in [3.63, 3.8) is 0 Å². The molecule has 1 amide bonds. The lowest BCUT2D eigenvalue weighted by Gasteiger charge is -2.32. The second kappa shape index (κ2) is 10.4. The number of aryl methyl sites for hydroxylation is 1. The van der Waals surface area contributed by atoms with Crippen molar-refractivity contribution in [1.29, 1.82) is 0 Å². The zero-order chi connectivity index (χ0) is 23.4. The van der Waals surface area contributed by atoms with Crippen molar-refractivity contribution in [3.05, 3.63) is 82.4 Å². The Labute approximate surface area is 203 Å². The van der Waals surface area contributed by atoms with Gasteiger partial charge >= 0.3 is 0 Å². The zero-order valence-corrected chi connectivity index (χ0v) is 20.6. The van der Waals surface area contributed by atoms with E-state index in [9.17, 15) is 13.2 Å². The van der Waals surface area contributed by atoms with Crippen molar-refractivity contribution in [2.24, 2.45) is 0 Å². The Balaban J connectivity index is 1.36. The number of hydrogen-bond donors (Lipinski definition) is 2. The van der Waals surface area contributed by atoms with Gasteiger partial charge in [0.15, 0.2) is 0 Å². The van der Waals surface area contributed by atoms with Crippen molar-refractivity contribution in [2.45, 2.75) is 36.6 Å². The number of anilines is 1. The molecule has 2 heterocycles. The summed E-state index contributed by atoms with van der Waals surface area (Å²) in [6, 6.07) is 17.9. The highest BCUT2D eigenvalue weighted by Gasteiger charge is 2.26. The number of nitrogens with zero attached hydrogens (tertiary/aromatic N) is 1. The van der Waals surface area contributed by atoms with Gasteiger partial charge in [-0.15, -0.1) is 11.3 Å². The molecule has 6 nitrogen and oxygen atoms in total. The number of nitrogens with one attached hydrogen (secondary N) is 2. The standard InChI is InChI=1S/C24H26ClN3O3S2/c1-17-4-6-18(7-5-17)15-28-14-2-3-21(16-28)27-33(30,31)23-13-12-22(32-23)26-24(29)19-8-10-20(25)11-9-19/h4-13,21,27H,2-3,14-16H2,1H3,(H,26,29). The van der Waals surface area contributed by atoms with Crippen LogP contribution in [-0.2, 0) is 16.6 Å². The Hall–Kier alpha value is -2.23. The fourth-order valence-electron chi connectivity index (χ4n) is 3.84. The van der Waals surface area contributed by atoms with Gasteiger partial charge in [0, 0.05) is 29.7 Å². The van der Waals surface area contributed by atoms with Crippen molar-refractivity contribution >= 4 is 43.9 Å². The van der Waals surface area contributed by atoms with Crippen LogP contribution in [0.15, 0.2) is 64.9 Å². The highest BCUT2D eigenvalue weighted by Crippen LogP contribution is 2.27. The number of carbonyl (C=O) groups is 1. The average molecular weight is 504 g/mol. The van der Waals surface area contributed by atoms with Gasteiger partial charge in [-0.25, -0.2) is 13.1 Å². The molecule has 1 atom stereocenters. The maximum atomic E-state index is 13.0. The topological polar surface area (TPSA) is 78.5 Å². The monoisotopic (exact) mass is 503 g/mol. The van der Waals surface area contributed by atoms with E-state index in [-0.39, 0.29) is 16.2 Å². The molecular formula is C24H26ClN3O3S2. The summed E-state index contributed by atoms with van der Waals surface area (Å²) in [5.41, 5.74) is 2.90. The predicted molar refractivity (Wildman–Crippen MR) is 134 cm³/mol. The summed E-state index contributed by atoms with van der Waals surface area (Å²) >= 11 is 6.90. The summed E-state index contributed by atoms with van der Waals surface area (Å²) in [6.45, 7) is 4.48. The summed E-state index contributed by atoms with van der Waals surface area (Å²) in [4.78, 5) is 14.7. The van der Waals surface area contributed by atoms with E-state index in [0.29, 0.717) is 22.1 Å². The SMILES string of the molecule is Cc1ccc(CN2CCCC(NS(=O)(=O)c3ccc(NC(=O)c4ccc(Cl)cc4)s3)C2)cc1.